The Bertz CT molecular complexity index is 302. The molecule has 20 heavy (non-hydrogen) atoms. The predicted octanol–water partition coefficient (Wildman–Crippen LogP) is 4.04. The molecule has 4 aliphatic rings. The molecule has 4 saturated carbocycles. The third-order valence-corrected chi connectivity index (χ3v) is 6.33. The summed E-state index contributed by atoms with van der Waals surface area (Å²) in [5.41, 5.74) is -1.03. The monoisotopic (exact) mass is 280 g/mol. The minimum absolute atomic E-state index is 0.516. The summed E-state index contributed by atoms with van der Waals surface area (Å²) in [6.45, 7) is 2.27. The average molecular weight is 280 g/mol. The summed E-state index contributed by atoms with van der Waals surface area (Å²) in [4.78, 5) is 0. The van der Waals surface area contributed by atoms with E-state index in [1.165, 1.54) is 44.9 Å². The Morgan fingerprint density at radius 1 is 0.800 bits per heavy atom. The predicted molar refractivity (Wildman–Crippen MR) is 81.4 cm³/mol. The van der Waals surface area contributed by atoms with E-state index in [2.05, 4.69) is 6.92 Å². The lowest BCUT2D eigenvalue weighted by atomic mass is 9.48. The second-order valence-corrected chi connectivity index (χ2v) is 8.18. The van der Waals surface area contributed by atoms with Crippen LogP contribution in [0.25, 0.3) is 0 Å². The average Bonchev–Trinajstić information content (AvgIpc) is 2.33. The summed E-state index contributed by atoms with van der Waals surface area (Å²) in [6.07, 6.45) is 14.1. The first kappa shape index (κ1) is 14.8. The van der Waals surface area contributed by atoms with Gasteiger partial charge in [-0.2, -0.15) is 0 Å². The van der Waals surface area contributed by atoms with Crippen LogP contribution in [0.4, 0.5) is 0 Å². The zero-order valence-electron chi connectivity index (χ0n) is 13.1. The Balaban J connectivity index is 1.48. The molecule has 116 valence electrons. The number of rotatable bonds is 7. The Morgan fingerprint density at radius 3 is 1.85 bits per heavy atom. The molecular weight excluding hydrogens is 248 g/mol. The van der Waals surface area contributed by atoms with Crippen molar-refractivity contribution in [3.63, 3.8) is 0 Å². The number of hydrogen-bond acceptors (Lipinski definition) is 2. The lowest BCUT2D eigenvalue weighted by Crippen LogP contribution is -2.62. The van der Waals surface area contributed by atoms with Crippen molar-refractivity contribution in [1.82, 2.24) is 0 Å². The summed E-state index contributed by atoms with van der Waals surface area (Å²) in [7, 11) is 0. The summed E-state index contributed by atoms with van der Waals surface area (Å²) >= 11 is 0. The smallest absolute Gasteiger partial charge is 0.0680 e. The zero-order chi connectivity index (χ0) is 14.2. The minimum Gasteiger partial charge on any atom is -0.390 e. The fourth-order valence-electron chi connectivity index (χ4n) is 5.79. The lowest BCUT2D eigenvalue weighted by Gasteiger charge is -2.61. The van der Waals surface area contributed by atoms with Crippen molar-refractivity contribution < 1.29 is 10.2 Å². The van der Waals surface area contributed by atoms with Crippen LogP contribution in [0.2, 0.25) is 0 Å². The Labute approximate surface area is 124 Å². The van der Waals surface area contributed by atoms with Crippen LogP contribution in [-0.4, -0.2) is 21.4 Å². The summed E-state index contributed by atoms with van der Waals surface area (Å²) in [6, 6.07) is 0. The molecule has 0 spiro atoms. The van der Waals surface area contributed by atoms with Crippen LogP contribution in [0.15, 0.2) is 0 Å². The Morgan fingerprint density at radius 2 is 1.30 bits per heavy atom. The lowest BCUT2D eigenvalue weighted by molar-refractivity contribution is -0.220. The molecule has 4 rings (SSSR count). The third-order valence-electron chi connectivity index (χ3n) is 6.33. The van der Waals surface area contributed by atoms with Crippen LogP contribution in [0.3, 0.4) is 0 Å². The maximum atomic E-state index is 10.6. The molecule has 0 aliphatic heterocycles. The fourth-order valence-corrected chi connectivity index (χ4v) is 5.79. The van der Waals surface area contributed by atoms with Gasteiger partial charge in [-0.1, -0.05) is 45.4 Å². The van der Waals surface area contributed by atoms with Gasteiger partial charge in [-0.3, -0.25) is 0 Å². The highest BCUT2D eigenvalue weighted by Gasteiger charge is 2.59. The van der Waals surface area contributed by atoms with E-state index in [0.717, 1.165) is 31.6 Å². The molecule has 0 radical (unpaired) electrons. The molecule has 2 nitrogen and oxygen atoms in total. The number of unbranched alkanes of at least 4 members (excludes halogenated alkanes) is 5. The van der Waals surface area contributed by atoms with Crippen molar-refractivity contribution in [2.24, 2.45) is 17.8 Å². The van der Waals surface area contributed by atoms with E-state index in [9.17, 15) is 10.2 Å². The van der Waals surface area contributed by atoms with Gasteiger partial charge in [0.2, 0.25) is 0 Å². The van der Waals surface area contributed by atoms with E-state index in [0.29, 0.717) is 18.3 Å². The summed E-state index contributed by atoms with van der Waals surface area (Å²) < 4.78 is 0. The molecule has 0 aromatic carbocycles. The third kappa shape index (κ3) is 2.92. The molecular formula is C18H32O2. The molecule has 4 aliphatic carbocycles. The van der Waals surface area contributed by atoms with Crippen LogP contribution in [-0.2, 0) is 0 Å². The van der Waals surface area contributed by atoms with E-state index >= 15 is 0 Å². The van der Waals surface area contributed by atoms with Gasteiger partial charge in [-0.25, -0.2) is 0 Å². The first-order chi connectivity index (χ1) is 9.54. The fraction of sp³-hybridized carbons (Fsp3) is 1.00. The highest BCUT2D eigenvalue weighted by Crippen LogP contribution is 2.60. The highest BCUT2D eigenvalue weighted by atomic mass is 16.3. The van der Waals surface area contributed by atoms with Gasteiger partial charge in [0.1, 0.15) is 0 Å². The van der Waals surface area contributed by atoms with Crippen molar-refractivity contribution in [3.05, 3.63) is 0 Å². The standard InChI is InChI=1S/C18H32O2/c1-2-3-4-5-6-7-8-16-14-9-17(19)11-15(16)12-18(20,10-14)13-17/h14-16,19-20H,2-13H2,1H3. The zero-order valence-corrected chi connectivity index (χ0v) is 13.1. The molecule has 0 heterocycles. The van der Waals surface area contributed by atoms with E-state index in [4.69, 9.17) is 0 Å². The van der Waals surface area contributed by atoms with Gasteiger partial charge >= 0.3 is 0 Å². The van der Waals surface area contributed by atoms with Crippen LogP contribution in [0, 0.1) is 17.8 Å². The van der Waals surface area contributed by atoms with Crippen LogP contribution in [0.5, 0.6) is 0 Å². The second-order valence-electron chi connectivity index (χ2n) is 8.18. The van der Waals surface area contributed by atoms with Gasteiger partial charge in [-0.05, 0) is 49.9 Å². The number of aliphatic hydroxyl groups is 2. The molecule has 0 saturated heterocycles. The topological polar surface area (TPSA) is 40.5 Å². The SMILES string of the molecule is CCCCCCCCC1C2CC3(O)CC1CC(O)(C2)C3. The van der Waals surface area contributed by atoms with E-state index in [1.807, 2.05) is 0 Å². The van der Waals surface area contributed by atoms with Gasteiger partial charge in [0.05, 0.1) is 11.2 Å². The van der Waals surface area contributed by atoms with Crippen molar-refractivity contribution >= 4 is 0 Å². The van der Waals surface area contributed by atoms with Crippen LogP contribution in [0.1, 0.15) is 84.0 Å². The minimum atomic E-state index is -0.516. The van der Waals surface area contributed by atoms with Gasteiger partial charge < -0.3 is 10.2 Å². The summed E-state index contributed by atoms with van der Waals surface area (Å²) in [5, 5.41) is 21.2. The number of hydrogen-bond donors (Lipinski definition) is 2. The van der Waals surface area contributed by atoms with Crippen molar-refractivity contribution in [2.45, 2.75) is 95.2 Å². The maximum Gasteiger partial charge on any atom is 0.0680 e. The maximum absolute atomic E-state index is 10.6. The molecule has 0 atom stereocenters. The first-order valence-corrected chi connectivity index (χ1v) is 8.98. The molecule has 0 aromatic heterocycles. The molecule has 4 fully saturated rings. The van der Waals surface area contributed by atoms with Crippen LogP contribution < -0.4 is 0 Å². The van der Waals surface area contributed by atoms with Crippen molar-refractivity contribution in [3.8, 4) is 0 Å². The molecule has 2 N–H and O–H groups in total. The Hall–Kier alpha value is -0.0800. The highest BCUT2D eigenvalue weighted by molar-refractivity contribution is 5.11. The van der Waals surface area contributed by atoms with Gasteiger partial charge in [-0.15, -0.1) is 0 Å². The van der Waals surface area contributed by atoms with Crippen LogP contribution >= 0.6 is 0 Å². The van der Waals surface area contributed by atoms with E-state index < -0.39 is 11.2 Å². The normalized spacial score (nSPS) is 46.0. The van der Waals surface area contributed by atoms with Crippen molar-refractivity contribution in [2.75, 3.05) is 0 Å². The van der Waals surface area contributed by atoms with E-state index in [-0.39, 0.29) is 0 Å². The molecule has 0 unspecified atom stereocenters. The van der Waals surface area contributed by atoms with Gasteiger partial charge in [0.15, 0.2) is 0 Å². The molecule has 2 heteroatoms. The molecule has 4 bridgehead atoms. The first-order valence-electron chi connectivity index (χ1n) is 8.98. The van der Waals surface area contributed by atoms with Crippen molar-refractivity contribution in [1.29, 1.82) is 0 Å². The molecule has 0 amide bonds. The van der Waals surface area contributed by atoms with Gasteiger partial charge in [0.25, 0.3) is 0 Å². The molecule has 0 aromatic rings. The van der Waals surface area contributed by atoms with Gasteiger partial charge in [0, 0.05) is 6.42 Å². The second kappa shape index (κ2) is 5.61. The summed E-state index contributed by atoms with van der Waals surface area (Å²) in [5.74, 6) is 1.99. The quantitative estimate of drug-likeness (QED) is 0.691. The Kier molecular flexibility index (Phi) is 4.16. The van der Waals surface area contributed by atoms with E-state index in [1.54, 1.807) is 0 Å². The largest absolute Gasteiger partial charge is 0.390 e.